The van der Waals surface area contributed by atoms with Crippen molar-refractivity contribution in [1.82, 2.24) is 9.97 Å². The van der Waals surface area contributed by atoms with E-state index in [1.165, 1.54) is 0 Å². The minimum absolute atomic E-state index is 0. The van der Waals surface area contributed by atoms with Crippen molar-refractivity contribution >= 4 is 33.0 Å². The monoisotopic (exact) mass is 885 g/mol. The summed E-state index contributed by atoms with van der Waals surface area (Å²) in [6, 6.07) is 19.0. The average Bonchev–Trinajstić information content (AvgIpc) is 2.68. The van der Waals surface area contributed by atoms with Crippen LogP contribution < -0.4 is 10.2 Å². The molecule has 162 valence electrons. The summed E-state index contributed by atoms with van der Waals surface area (Å²) in [4.78, 5) is 10.9. The molecule has 0 aliphatic heterocycles. The third-order valence-electron chi connectivity index (χ3n) is 3.90. The molecule has 0 bridgehead atoms. The fourth-order valence-electron chi connectivity index (χ4n) is 2.39. The van der Waals surface area contributed by atoms with Gasteiger partial charge in [0.2, 0.25) is 5.95 Å². The van der Waals surface area contributed by atoms with Crippen molar-refractivity contribution in [3.63, 3.8) is 0 Å². The second kappa shape index (κ2) is 8.44. The Morgan fingerprint density at radius 3 is 2.50 bits per heavy atom. The number of nitrogens with one attached hydrogen (secondary N) is 1. The summed E-state index contributed by atoms with van der Waals surface area (Å²) in [7, 11) is -1.35. The molecule has 1 heterocycles. The normalized spacial score (nSPS) is 10.4. The summed E-state index contributed by atoms with van der Waals surface area (Å²) >= 11 is 0. The molecule has 0 aliphatic rings. The Morgan fingerprint density at radius 1 is 1.11 bits per heavy atom. The van der Waals surface area contributed by atoms with Crippen molar-refractivity contribution in [2.24, 2.45) is 0 Å². The average molecular weight is 885 g/mol. The van der Waals surface area contributed by atoms with Crippen LogP contribution in [0, 0.1) is 6.07 Å². The Balaban J connectivity index is 0.00000196. The quantitative estimate of drug-likeness (QED) is 0.382. The molecular formula is C19H19N4No2O2S-. The molecule has 0 saturated heterocycles. The summed E-state index contributed by atoms with van der Waals surface area (Å²) < 4.78 is 24.1. The van der Waals surface area contributed by atoms with Crippen molar-refractivity contribution < 1.29 is 8.42 Å². The van der Waals surface area contributed by atoms with E-state index in [1.54, 1.807) is 43.5 Å². The molecule has 0 unspecified atom stereocenters. The molecule has 0 radical (unpaired) electrons. The van der Waals surface area contributed by atoms with Gasteiger partial charge in [-0.3, -0.25) is 0 Å². The van der Waals surface area contributed by atoms with Gasteiger partial charge in [-0.2, -0.15) is 23.2 Å². The zero-order valence-electron chi connectivity index (χ0n) is 15.1. The first kappa shape index (κ1) is 21.1. The van der Waals surface area contributed by atoms with E-state index in [-0.39, 0.29) is 10.6 Å². The van der Waals surface area contributed by atoms with Gasteiger partial charge in [0.05, 0.1) is 10.6 Å². The minimum atomic E-state index is -3.26. The Hall–Kier alpha value is -4.93. The molecule has 0 atom stereocenters. The second-order valence-corrected chi connectivity index (χ2v) is 7.89. The number of hydrogen-bond donors (Lipinski definition) is 1. The maximum atomic E-state index is 12.0. The van der Waals surface area contributed by atoms with Gasteiger partial charge in [0.15, 0.2) is 9.84 Å². The van der Waals surface area contributed by atoms with E-state index in [1.807, 2.05) is 36.2 Å². The van der Waals surface area contributed by atoms with Crippen LogP contribution in [0.25, 0.3) is 0 Å². The van der Waals surface area contributed by atoms with Crippen LogP contribution in [-0.4, -0.2) is 31.2 Å². The van der Waals surface area contributed by atoms with E-state index in [2.05, 4.69) is 21.4 Å². The molecule has 2 aromatic carbocycles. The Bertz CT molecular complexity index is 1000. The van der Waals surface area contributed by atoms with E-state index in [4.69, 9.17) is 0 Å². The van der Waals surface area contributed by atoms with Crippen LogP contribution in [-0.2, 0) is 9.84 Å². The van der Waals surface area contributed by atoms with Crippen molar-refractivity contribution in [2.45, 2.75) is 11.8 Å². The van der Waals surface area contributed by atoms with Crippen LogP contribution in [0.4, 0.5) is 23.1 Å². The summed E-state index contributed by atoms with van der Waals surface area (Å²) in [5.74, 6) is 1.16. The number of nitrogens with zero attached hydrogens (tertiary/aromatic N) is 3. The van der Waals surface area contributed by atoms with Crippen molar-refractivity contribution in [1.29, 1.82) is 0 Å². The van der Waals surface area contributed by atoms with E-state index >= 15 is 0 Å². The molecule has 0 saturated carbocycles. The molecule has 1 N–H and O–H groups in total. The van der Waals surface area contributed by atoms with Crippen LogP contribution in [0.1, 0.15) is 6.92 Å². The Kier molecular flexibility index (Phi) is 6.36. The van der Waals surface area contributed by atoms with Crippen molar-refractivity contribution in [3.8, 4) is 0 Å². The number of anilines is 4. The first-order chi connectivity index (χ1) is 12.5. The Labute approximate surface area is 153 Å². The molecule has 0 spiro atoms. The van der Waals surface area contributed by atoms with E-state index in [0.29, 0.717) is 17.5 Å². The largest absolute Gasteiger partial charge is 0.353 e. The van der Waals surface area contributed by atoms with Gasteiger partial charge < -0.3 is 10.2 Å². The molecule has 6 nitrogen and oxygen atoms in total. The standard InChI is InChI=1S/C19H19N4O2S.2No/c1-3-26(24,25)17-11-7-8-15(14-17)21-19-20-13-12-18(22-19)23(2)16-9-5-4-6-10-16;;/h5-14H,3H2,1-2H3,(H,20,21,22);;/q-1;;. The zero-order chi connectivity index (χ0) is 18.6. The molecule has 28 heavy (non-hydrogen) atoms. The molecular weight excluding hydrogens is 866 g/mol. The minimum Gasteiger partial charge on any atom is -0.353 e. The molecule has 3 rings (SSSR count). The van der Waals surface area contributed by atoms with E-state index in [9.17, 15) is 8.42 Å². The molecule has 0 fully saturated rings. The number of hydrogen-bond acceptors (Lipinski definition) is 6. The maximum Gasteiger partial charge on any atom is 0.229 e. The fraction of sp³-hybridized carbons (Fsp3) is 0.158. The van der Waals surface area contributed by atoms with Gasteiger partial charge in [0.25, 0.3) is 0 Å². The third kappa shape index (κ3) is 4.37. The smallest absolute Gasteiger partial charge is 0.229 e. The van der Waals surface area contributed by atoms with Crippen molar-refractivity contribution in [3.05, 3.63) is 66.9 Å². The number of rotatable bonds is 6. The number of sulfone groups is 1. The van der Waals surface area contributed by atoms with E-state index < -0.39 is 9.84 Å². The van der Waals surface area contributed by atoms with Gasteiger partial charge in [0, 0.05) is 18.9 Å². The summed E-state index contributed by atoms with van der Waals surface area (Å²) in [5, 5.41) is 3.07. The summed E-state index contributed by atoms with van der Waals surface area (Å²) in [5.41, 5.74) is 1.60. The van der Waals surface area contributed by atoms with Crippen molar-refractivity contribution in [2.75, 3.05) is 23.0 Å². The predicted octanol–water partition coefficient (Wildman–Crippen LogP) is 3.58. The first-order valence-corrected chi connectivity index (χ1v) is 9.77. The fourth-order valence-corrected chi connectivity index (χ4v) is 3.32. The van der Waals surface area contributed by atoms with Gasteiger partial charge in [-0.25, -0.2) is 13.4 Å². The first-order valence-electron chi connectivity index (χ1n) is 8.12. The molecule has 1 aromatic heterocycles. The second-order valence-electron chi connectivity index (χ2n) is 5.61. The van der Waals surface area contributed by atoms with Crippen LogP contribution in [0.15, 0.2) is 65.7 Å². The number of benzene rings is 2. The maximum absolute atomic E-state index is 12.0. The topological polar surface area (TPSA) is 75.2 Å². The van der Waals surface area contributed by atoms with Gasteiger partial charge in [-0.15, -0.1) is 12.1 Å². The molecule has 3 aromatic rings. The molecule has 0 aliphatic carbocycles. The molecule has 9 heteroatoms. The zero-order valence-corrected chi connectivity index (χ0v) is 20.3. The number of aromatic nitrogens is 2. The van der Waals surface area contributed by atoms with Gasteiger partial charge >= 0.3 is 0 Å². The van der Waals surface area contributed by atoms with Crippen LogP contribution in [0.5, 0.6) is 0 Å². The summed E-state index contributed by atoms with van der Waals surface area (Å²) in [6.45, 7) is 1.62. The van der Waals surface area contributed by atoms with Crippen LogP contribution in [0.2, 0.25) is 0 Å². The van der Waals surface area contributed by atoms with Crippen LogP contribution in [0.3, 0.4) is 0 Å². The van der Waals surface area contributed by atoms with Crippen LogP contribution >= 0.6 is 0 Å². The SMILES string of the molecule is CCS(=O)(=O)c1cccc(Nc2nccc(N(C)c3cc[c-]cc3)n2)c1.[No].[No]. The van der Waals surface area contributed by atoms with Gasteiger partial charge in [0.1, 0.15) is 5.82 Å². The van der Waals surface area contributed by atoms with Gasteiger partial charge in [-0.1, -0.05) is 18.7 Å². The Morgan fingerprint density at radius 2 is 1.82 bits per heavy atom. The summed E-state index contributed by atoms with van der Waals surface area (Å²) in [6.07, 6.45) is 1.66. The predicted molar refractivity (Wildman–Crippen MR) is 103 cm³/mol. The molecule has 0 amide bonds. The van der Waals surface area contributed by atoms with E-state index in [0.717, 1.165) is 5.69 Å². The third-order valence-corrected chi connectivity index (χ3v) is 5.63. The van der Waals surface area contributed by atoms with Gasteiger partial charge in [-0.05, 0) is 24.3 Å².